The molecule has 1 saturated heterocycles. The molecule has 7 heteroatoms. The van der Waals surface area contributed by atoms with Gasteiger partial charge in [-0.05, 0) is 42.9 Å². The van der Waals surface area contributed by atoms with Crippen molar-refractivity contribution in [2.24, 2.45) is 10.9 Å². The lowest BCUT2D eigenvalue weighted by atomic mass is 10.2. The van der Waals surface area contributed by atoms with Crippen molar-refractivity contribution in [1.82, 2.24) is 10.6 Å². The van der Waals surface area contributed by atoms with Gasteiger partial charge < -0.3 is 24.8 Å². The summed E-state index contributed by atoms with van der Waals surface area (Å²) in [6, 6.07) is 8.19. The zero-order valence-electron chi connectivity index (χ0n) is 17.4. The average molecular weight is 505 g/mol. The SMILES string of the molecule is CN=C(NCCCOCC1CCCO1)NCc1ccc(OCC(C)C)cc1.I. The van der Waals surface area contributed by atoms with Crippen molar-refractivity contribution in [1.29, 1.82) is 0 Å². The number of nitrogens with one attached hydrogen (secondary N) is 2. The third-order valence-corrected chi connectivity index (χ3v) is 4.28. The van der Waals surface area contributed by atoms with Crippen LogP contribution in [0, 0.1) is 5.92 Å². The summed E-state index contributed by atoms with van der Waals surface area (Å²) in [4.78, 5) is 4.26. The fraction of sp³-hybridized carbons (Fsp3) is 0.667. The third kappa shape index (κ3) is 10.5. The zero-order valence-corrected chi connectivity index (χ0v) is 19.7. The molecular weight excluding hydrogens is 469 g/mol. The topological polar surface area (TPSA) is 64.1 Å². The first-order valence-electron chi connectivity index (χ1n) is 10.0. The molecular formula is C21H36IN3O3. The standard InChI is InChI=1S/C21H35N3O3.HI/c1-17(2)15-27-19-9-7-18(8-10-19)14-24-21(22-3)23-11-5-12-25-16-20-6-4-13-26-20;/h7-10,17,20H,4-6,11-16H2,1-3H3,(H2,22,23,24);1H. The van der Waals surface area contributed by atoms with Gasteiger partial charge in [0.2, 0.25) is 0 Å². The molecule has 1 aliphatic heterocycles. The fourth-order valence-electron chi connectivity index (χ4n) is 2.74. The van der Waals surface area contributed by atoms with E-state index in [1.54, 1.807) is 7.05 Å². The predicted molar refractivity (Wildman–Crippen MR) is 125 cm³/mol. The van der Waals surface area contributed by atoms with E-state index >= 15 is 0 Å². The molecule has 2 rings (SSSR count). The molecule has 28 heavy (non-hydrogen) atoms. The van der Waals surface area contributed by atoms with Gasteiger partial charge in [0.05, 0.1) is 19.3 Å². The minimum absolute atomic E-state index is 0. The maximum Gasteiger partial charge on any atom is 0.191 e. The Labute approximate surface area is 186 Å². The summed E-state index contributed by atoms with van der Waals surface area (Å²) in [6.07, 6.45) is 3.52. The molecule has 1 fully saturated rings. The first kappa shape index (κ1) is 25.0. The lowest BCUT2D eigenvalue weighted by Gasteiger charge is -2.13. The number of guanidine groups is 1. The molecule has 0 aliphatic carbocycles. The van der Waals surface area contributed by atoms with Crippen LogP contribution in [0.25, 0.3) is 0 Å². The van der Waals surface area contributed by atoms with E-state index in [-0.39, 0.29) is 24.0 Å². The molecule has 1 aromatic carbocycles. The maximum atomic E-state index is 5.71. The summed E-state index contributed by atoms with van der Waals surface area (Å²) in [5.74, 6) is 2.24. The molecule has 0 saturated carbocycles. The highest BCUT2D eigenvalue weighted by atomic mass is 127. The average Bonchev–Trinajstić information content (AvgIpc) is 3.19. The number of aliphatic imine (C=N–C) groups is 1. The monoisotopic (exact) mass is 505 g/mol. The van der Waals surface area contributed by atoms with E-state index in [0.717, 1.165) is 63.9 Å². The molecule has 6 nitrogen and oxygen atoms in total. The Morgan fingerprint density at radius 3 is 2.68 bits per heavy atom. The number of rotatable bonds is 11. The van der Waals surface area contributed by atoms with E-state index in [1.165, 1.54) is 5.56 Å². The highest BCUT2D eigenvalue weighted by Gasteiger charge is 2.14. The van der Waals surface area contributed by atoms with Crippen LogP contribution in [0.3, 0.4) is 0 Å². The summed E-state index contributed by atoms with van der Waals surface area (Å²) in [5.41, 5.74) is 1.19. The Morgan fingerprint density at radius 1 is 1.25 bits per heavy atom. The van der Waals surface area contributed by atoms with Gasteiger partial charge >= 0.3 is 0 Å². The molecule has 1 aromatic rings. The Balaban J connectivity index is 0.00000392. The zero-order chi connectivity index (χ0) is 19.3. The van der Waals surface area contributed by atoms with Crippen molar-refractivity contribution >= 4 is 29.9 Å². The number of ether oxygens (including phenoxy) is 3. The number of benzene rings is 1. The van der Waals surface area contributed by atoms with Gasteiger partial charge in [0, 0.05) is 33.4 Å². The van der Waals surface area contributed by atoms with Gasteiger partial charge in [-0.2, -0.15) is 0 Å². The minimum atomic E-state index is 0. The van der Waals surface area contributed by atoms with Crippen LogP contribution in [0.4, 0.5) is 0 Å². The minimum Gasteiger partial charge on any atom is -0.493 e. The van der Waals surface area contributed by atoms with E-state index in [1.807, 2.05) is 12.1 Å². The van der Waals surface area contributed by atoms with Crippen LogP contribution >= 0.6 is 24.0 Å². The third-order valence-electron chi connectivity index (χ3n) is 4.28. The van der Waals surface area contributed by atoms with Crippen molar-refractivity contribution in [2.45, 2.75) is 45.8 Å². The second kappa shape index (κ2) is 14.9. The molecule has 1 atom stereocenters. The number of halogens is 1. The van der Waals surface area contributed by atoms with Gasteiger partial charge in [0.15, 0.2) is 5.96 Å². The van der Waals surface area contributed by atoms with Crippen molar-refractivity contribution in [3.63, 3.8) is 0 Å². The lowest BCUT2D eigenvalue weighted by Crippen LogP contribution is -2.37. The van der Waals surface area contributed by atoms with Crippen LogP contribution in [0.1, 0.15) is 38.7 Å². The van der Waals surface area contributed by atoms with Gasteiger partial charge in [-0.3, -0.25) is 4.99 Å². The van der Waals surface area contributed by atoms with Crippen molar-refractivity contribution in [3.05, 3.63) is 29.8 Å². The van der Waals surface area contributed by atoms with Crippen LogP contribution in [-0.2, 0) is 16.0 Å². The van der Waals surface area contributed by atoms with Gasteiger partial charge in [-0.25, -0.2) is 0 Å². The Kier molecular flexibility index (Phi) is 13.3. The molecule has 0 spiro atoms. The van der Waals surface area contributed by atoms with E-state index in [2.05, 4.69) is 41.6 Å². The van der Waals surface area contributed by atoms with Crippen LogP contribution in [-0.4, -0.2) is 52.1 Å². The summed E-state index contributed by atoms with van der Waals surface area (Å²) in [6.45, 7) is 8.91. The first-order valence-corrected chi connectivity index (χ1v) is 10.0. The van der Waals surface area contributed by atoms with E-state index in [9.17, 15) is 0 Å². The molecule has 0 bridgehead atoms. The lowest BCUT2D eigenvalue weighted by molar-refractivity contribution is 0.0168. The van der Waals surface area contributed by atoms with E-state index in [0.29, 0.717) is 18.6 Å². The molecule has 0 amide bonds. The Hall–Kier alpha value is -1.06. The Morgan fingerprint density at radius 2 is 2.04 bits per heavy atom. The van der Waals surface area contributed by atoms with Crippen molar-refractivity contribution < 1.29 is 14.2 Å². The molecule has 2 N–H and O–H groups in total. The van der Waals surface area contributed by atoms with Gasteiger partial charge in [-0.1, -0.05) is 26.0 Å². The van der Waals surface area contributed by atoms with Crippen LogP contribution in [0.5, 0.6) is 5.75 Å². The Bertz CT molecular complexity index is 546. The molecule has 0 radical (unpaired) electrons. The number of hydrogen-bond acceptors (Lipinski definition) is 4. The van der Waals surface area contributed by atoms with Crippen LogP contribution in [0.2, 0.25) is 0 Å². The van der Waals surface area contributed by atoms with Crippen molar-refractivity contribution in [2.75, 3.05) is 40.0 Å². The smallest absolute Gasteiger partial charge is 0.191 e. The molecule has 1 heterocycles. The van der Waals surface area contributed by atoms with Gasteiger partial charge in [0.25, 0.3) is 0 Å². The highest BCUT2D eigenvalue weighted by Crippen LogP contribution is 2.13. The predicted octanol–water partition coefficient (Wildman–Crippen LogP) is 3.59. The summed E-state index contributed by atoms with van der Waals surface area (Å²) >= 11 is 0. The first-order chi connectivity index (χ1) is 13.2. The van der Waals surface area contributed by atoms with E-state index < -0.39 is 0 Å². The largest absolute Gasteiger partial charge is 0.493 e. The molecule has 160 valence electrons. The fourth-order valence-corrected chi connectivity index (χ4v) is 2.74. The van der Waals surface area contributed by atoms with Crippen LogP contribution < -0.4 is 15.4 Å². The normalized spacial score (nSPS) is 16.7. The number of hydrogen-bond donors (Lipinski definition) is 2. The highest BCUT2D eigenvalue weighted by molar-refractivity contribution is 14.0. The van der Waals surface area contributed by atoms with Crippen LogP contribution in [0.15, 0.2) is 29.3 Å². The molecule has 0 aromatic heterocycles. The summed E-state index contributed by atoms with van der Waals surface area (Å²) < 4.78 is 16.9. The summed E-state index contributed by atoms with van der Waals surface area (Å²) in [5, 5.41) is 6.64. The van der Waals surface area contributed by atoms with Gasteiger partial charge in [-0.15, -0.1) is 24.0 Å². The number of nitrogens with zero attached hydrogens (tertiary/aromatic N) is 1. The quantitative estimate of drug-likeness (QED) is 0.208. The second-order valence-electron chi connectivity index (χ2n) is 7.26. The summed E-state index contributed by atoms with van der Waals surface area (Å²) in [7, 11) is 1.78. The molecule has 1 unspecified atom stereocenters. The van der Waals surface area contributed by atoms with Gasteiger partial charge in [0.1, 0.15) is 5.75 Å². The van der Waals surface area contributed by atoms with E-state index in [4.69, 9.17) is 14.2 Å². The second-order valence-corrected chi connectivity index (χ2v) is 7.26. The maximum absolute atomic E-state index is 5.71. The van der Waals surface area contributed by atoms with Crippen molar-refractivity contribution in [3.8, 4) is 5.75 Å². The molecule has 1 aliphatic rings.